The third-order valence-corrected chi connectivity index (χ3v) is 4.23. The largest absolute Gasteiger partial charge is 0.496 e. The van der Waals surface area contributed by atoms with Gasteiger partial charge in [0.15, 0.2) is 23.6 Å². The number of amides is 1. The van der Waals surface area contributed by atoms with Gasteiger partial charge in [-0.1, -0.05) is 24.3 Å². The smallest absolute Gasteiger partial charge is 0.342 e. The number of benzene rings is 3. The Balaban J connectivity index is 1.77. The molecule has 0 aliphatic rings. The van der Waals surface area contributed by atoms with E-state index in [2.05, 4.69) is 5.32 Å². The lowest BCUT2D eigenvalue weighted by Gasteiger charge is -2.16. The van der Waals surface area contributed by atoms with Gasteiger partial charge in [0.05, 0.1) is 12.8 Å². The van der Waals surface area contributed by atoms with E-state index in [1.807, 2.05) is 12.1 Å². The predicted octanol–water partition coefficient (Wildman–Crippen LogP) is 4.45. The molecule has 1 amide bonds. The maximum atomic E-state index is 13.7. The van der Waals surface area contributed by atoms with Crippen LogP contribution in [0.4, 0.5) is 18.9 Å². The number of methoxy groups -OCH3 is 1. The number of fused-ring (bicyclic) bond motifs is 1. The first kappa shape index (κ1) is 20.2. The van der Waals surface area contributed by atoms with Gasteiger partial charge in [0.25, 0.3) is 5.91 Å². The van der Waals surface area contributed by atoms with Gasteiger partial charge in [-0.05, 0) is 42.0 Å². The van der Waals surface area contributed by atoms with Crippen LogP contribution in [0.15, 0.2) is 48.5 Å². The SMILES string of the molecule is COc1cc2ccccc2cc1C(=O)O[C@@H](C)C(=O)Nc1ccc(F)c(F)c1F. The number of hydrogen-bond donors (Lipinski definition) is 1. The molecule has 0 fully saturated rings. The van der Waals surface area contributed by atoms with Crippen LogP contribution >= 0.6 is 0 Å². The van der Waals surface area contributed by atoms with Gasteiger partial charge in [-0.15, -0.1) is 0 Å². The lowest BCUT2D eigenvalue weighted by Crippen LogP contribution is -2.30. The Labute approximate surface area is 164 Å². The Bertz CT molecular complexity index is 1100. The van der Waals surface area contributed by atoms with E-state index in [9.17, 15) is 22.8 Å². The molecular formula is C21H16F3NO4. The first-order valence-electron chi connectivity index (χ1n) is 8.54. The second-order valence-electron chi connectivity index (χ2n) is 6.16. The zero-order valence-electron chi connectivity index (χ0n) is 15.5. The molecule has 0 bridgehead atoms. The predicted molar refractivity (Wildman–Crippen MR) is 100 cm³/mol. The summed E-state index contributed by atoms with van der Waals surface area (Å²) in [5, 5.41) is 3.68. The van der Waals surface area contributed by atoms with Crippen molar-refractivity contribution in [3.05, 3.63) is 71.5 Å². The van der Waals surface area contributed by atoms with Crippen LogP contribution in [0.3, 0.4) is 0 Å². The second-order valence-corrected chi connectivity index (χ2v) is 6.16. The lowest BCUT2D eigenvalue weighted by atomic mass is 10.1. The summed E-state index contributed by atoms with van der Waals surface area (Å²) in [6, 6.07) is 12.0. The Kier molecular flexibility index (Phi) is 5.72. The van der Waals surface area contributed by atoms with Crippen molar-refractivity contribution < 1.29 is 32.2 Å². The summed E-state index contributed by atoms with van der Waals surface area (Å²) < 4.78 is 50.3. The molecule has 0 saturated heterocycles. The maximum Gasteiger partial charge on any atom is 0.342 e. The molecule has 3 aromatic carbocycles. The van der Waals surface area contributed by atoms with E-state index >= 15 is 0 Å². The number of esters is 1. The molecule has 0 aliphatic carbocycles. The van der Waals surface area contributed by atoms with Crippen molar-refractivity contribution in [2.75, 3.05) is 12.4 Å². The number of ether oxygens (including phenoxy) is 2. The van der Waals surface area contributed by atoms with E-state index in [0.29, 0.717) is 6.07 Å². The zero-order valence-corrected chi connectivity index (χ0v) is 15.5. The third-order valence-electron chi connectivity index (χ3n) is 4.23. The van der Waals surface area contributed by atoms with Gasteiger partial charge < -0.3 is 14.8 Å². The monoisotopic (exact) mass is 403 g/mol. The first-order valence-corrected chi connectivity index (χ1v) is 8.54. The molecule has 0 aromatic heterocycles. The molecule has 1 atom stereocenters. The quantitative estimate of drug-likeness (QED) is 0.505. The minimum absolute atomic E-state index is 0.102. The van der Waals surface area contributed by atoms with Crippen LogP contribution in [0, 0.1) is 17.5 Å². The van der Waals surface area contributed by atoms with Gasteiger partial charge in [0, 0.05) is 0 Å². The number of carbonyl (C=O) groups is 2. The van der Waals surface area contributed by atoms with Gasteiger partial charge in [-0.2, -0.15) is 0 Å². The summed E-state index contributed by atoms with van der Waals surface area (Å²) in [4.78, 5) is 24.7. The highest BCUT2D eigenvalue weighted by Gasteiger charge is 2.24. The number of hydrogen-bond acceptors (Lipinski definition) is 4. The molecule has 0 heterocycles. The minimum Gasteiger partial charge on any atom is -0.496 e. The van der Waals surface area contributed by atoms with E-state index < -0.39 is 41.1 Å². The van der Waals surface area contributed by atoms with Gasteiger partial charge in [0.1, 0.15) is 11.3 Å². The van der Waals surface area contributed by atoms with Gasteiger partial charge in [-0.25, -0.2) is 18.0 Å². The summed E-state index contributed by atoms with van der Waals surface area (Å²) in [7, 11) is 1.39. The molecule has 5 nitrogen and oxygen atoms in total. The molecule has 0 aliphatic heterocycles. The Morgan fingerprint density at radius 2 is 1.62 bits per heavy atom. The molecule has 0 spiro atoms. The highest BCUT2D eigenvalue weighted by molar-refractivity contribution is 6.01. The normalized spacial score (nSPS) is 11.8. The minimum atomic E-state index is -1.71. The van der Waals surface area contributed by atoms with Crippen LogP contribution in [0.25, 0.3) is 10.8 Å². The molecule has 1 N–H and O–H groups in total. The highest BCUT2D eigenvalue weighted by Crippen LogP contribution is 2.27. The van der Waals surface area contributed by atoms with Crippen molar-refractivity contribution in [1.29, 1.82) is 0 Å². The zero-order chi connectivity index (χ0) is 21.1. The molecular weight excluding hydrogens is 387 g/mol. The Morgan fingerprint density at radius 1 is 0.966 bits per heavy atom. The lowest BCUT2D eigenvalue weighted by molar-refractivity contribution is -0.123. The fraction of sp³-hybridized carbons (Fsp3) is 0.143. The molecule has 150 valence electrons. The molecule has 29 heavy (non-hydrogen) atoms. The second kappa shape index (κ2) is 8.22. The molecule has 3 rings (SSSR count). The fourth-order valence-electron chi connectivity index (χ4n) is 2.68. The van der Waals surface area contributed by atoms with E-state index in [4.69, 9.17) is 9.47 Å². The highest BCUT2D eigenvalue weighted by atomic mass is 19.2. The molecule has 8 heteroatoms. The van der Waals surface area contributed by atoms with E-state index in [-0.39, 0.29) is 11.3 Å². The number of halogens is 3. The Morgan fingerprint density at radius 3 is 2.28 bits per heavy atom. The summed E-state index contributed by atoms with van der Waals surface area (Å²) >= 11 is 0. The van der Waals surface area contributed by atoms with Crippen LogP contribution in [0.2, 0.25) is 0 Å². The van der Waals surface area contributed by atoms with Gasteiger partial charge >= 0.3 is 5.97 Å². The van der Waals surface area contributed by atoms with Crippen molar-refractivity contribution in [2.24, 2.45) is 0 Å². The van der Waals surface area contributed by atoms with Gasteiger partial charge in [-0.3, -0.25) is 4.79 Å². The number of nitrogens with one attached hydrogen (secondary N) is 1. The average Bonchev–Trinajstić information content (AvgIpc) is 2.72. The first-order chi connectivity index (χ1) is 13.8. The number of rotatable bonds is 5. The fourth-order valence-corrected chi connectivity index (χ4v) is 2.68. The van der Waals surface area contributed by atoms with E-state index in [0.717, 1.165) is 16.8 Å². The van der Waals surface area contributed by atoms with Crippen LogP contribution in [0.5, 0.6) is 5.75 Å². The number of anilines is 1. The maximum absolute atomic E-state index is 13.7. The van der Waals surface area contributed by atoms with Crippen LogP contribution in [-0.2, 0) is 9.53 Å². The molecule has 0 saturated carbocycles. The summed E-state index contributed by atoms with van der Waals surface area (Å²) in [6.07, 6.45) is -1.34. The topological polar surface area (TPSA) is 64.6 Å². The van der Waals surface area contributed by atoms with Gasteiger partial charge in [0.2, 0.25) is 0 Å². The van der Waals surface area contributed by atoms with Crippen molar-refractivity contribution in [2.45, 2.75) is 13.0 Å². The summed E-state index contributed by atoms with van der Waals surface area (Å²) in [5.74, 6) is -6.14. The van der Waals surface area contributed by atoms with Crippen molar-refractivity contribution in [3.8, 4) is 5.75 Å². The van der Waals surface area contributed by atoms with Crippen LogP contribution < -0.4 is 10.1 Å². The summed E-state index contributed by atoms with van der Waals surface area (Å²) in [5.41, 5.74) is -0.468. The molecule has 3 aromatic rings. The third kappa shape index (κ3) is 4.16. The average molecular weight is 403 g/mol. The van der Waals surface area contributed by atoms with Crippen LogP contribution in [0.1, 0.15) is 17.3 Å². The van der Waals surface area contributed by atoms with Crippen LogP contribution in [-0.4, -0.2) is 25.1 Å². The Hall–Kier alpha value is -3.55. The number of carbonyl (C=O) groups excluding carboxylic acids is 2. The van der Waals surface area contributed by atoms with E-state index in [1.165, 1.54) is 14.0 Å². The van der Waals surface area contributed by atoms with E-state index in [1.54, 1.807) is 24.3 Å². The van der Waals surface area contributed by atoms with Crippen molar-refractivity contribution in [3.63, 3.8) is 0 Å². The standard InChI is InChI=1S/C21H16F3NO4/c1-11(20(26)25-16-8-7-15(22)18(23)19(16)24)29-21(27)14-9-12-5-3-4-6-13(12)10-17(14)28-2/h3-11H,1-2H3,(H,25,26)/t11-/m0/s1. The van der Waals surface area contributed by atoms with Crippen molar-refractivity contribution in [1.82, 2.24) is 0 Å². The summed E-state index contributed by atoms with van der Waals surface area (Å²) in [6.45, 7) is 1.26. The molecule has 0 unspecified atom stereocenters. The molecule has 0 radical (unpaired) electrons. The van der Waals surface area contributed by atoms with Crippen molar-refractivity contribution >= 4 is 28.3 Å².